The van der Waals surface area contributed by atoms with Crippen LogP contribution < -0.4 is 5.32 Å². The number of rotatable bonds is 3. The fourth-order valence-corrected chi connectivity index (χ4v) is 3.63. The SMILES string of the molecule is Cc1cccc(NC(=O)c2cccnc2-c2nc3ccccc3s2)c1. The Morgan fingerprint density at radius 2 is 1.92 bits per heavy atom. The predicted octanol–water partition coefficient (Wildman–Crippen LogP) is 4.92. The minimum absolute atomic E-state index is 0.187. The number of pyridine rings is 1. The molecule has 0 atom stereocenters. The lowest BCUT2D eigenvalue weighted by Crippen LogP contribution is -2.13. The fraction of sp³-hybridized carbons (Fsp3) is 0.0500. The van der Waals surface area contributed by atoms with Gasteiger partial charge >= 0.3 is 0 Å². The first-order valence-electron chi connectivity index (χ1n) is 7.90. The highest BCUT2D eigenvalue weighted by atomic mass is 32.1. The number of fused-ring (bicyclic) bond motifs is 1. The Morgan fingerprint density at radius 1 is 1.04 bits per heavy atom. The Labute approximate surface area is 149 Å². The molecule has 0 unspecified atom stereocenters. The van der Waals surface area contributed by atoms with Crippen LogP contribution >= 0.6 is 11.3 Å². The molecule has 4 rings (SSSR count). The summed E-state index contributed by atoms with van der Waals surface area (Å²) < 4.78 is 1.08. The summed E-state index contributed by atoms with van der Waals surface area (Å²) in [6, 6.07) is 19.2. The zero-order valence-corrected chi connectivity index (χ0v) is 14.4. The molecule has 0 aliphatic heterocycles. The molecule has 0 radical (unpaired) electrons. The number of hydrogen-bond donors (Lipinski definition) is 1. The van der Waals surface area contributed by atoms with Crippen LogP contribution in [-0.4, -0.2) is 15.9 Å². The fourth-order valence-electron chi connectivity index (χ4n) is 2.65. The second kappa shape index (κ2) is 6.45. The van der Waals surface area contributed by atoms with Crippen molar-refractivity contribution in [1.82, 2.24) is 9.97 Å². The molecule has 0 bridgehead atoms. The van der Waals surface area contributed by atoms with Crippen molar-refractivity contribution in [3.8, 4) is 10.7 Å². The minimum atomic E-state index is -0.187. The highest BCUT2D eigenvalue weighted by Crippen LogP contribution is 2.31. The van der Waals surface area contributed by atoms with Gasteiger partial charge in [0.2, 0.25) is 0 Å². The van der Waals surface area contributed by atoms with E-state index in [9.17, 15) is 4.79 Å². The number of nitrogens with one attached hydrogen (secondary N) is 1. The van der Waals surface area contributed by atoms with Crippen LogP contribution in [0.25, 0.3) is 20.9 Å². The van der Waals surface area contributed by atoms with Gasteiger partial charge in [0.1, 0.15) is 10.7 Å². The molecular weight excluding hydrogens is 330 g/mol. The van der Waals surface area contributed by atoms with Crippen LogP contribution in [0.2, 0.25) is 0 Å². The summed E-state index contributed by atoms with van der Waals surface area (Å²) in [5, 5.41) is 3.69. The summed E-state index contributed by atoms with van der Waals surface area (Å²) in [6.45, 7) is 1.99. The molecule has 0 aliphatic carbocycles. The zero-order chi connectivity index (χ0) is 17.2. The largest absolute Gasteiger partial charge is 0.322 e. The van der Waals surface area contributed by atoms with Crippen molar-refractivity contribution in [3.05, 3.63) is 78.0 Å². The summed E-state index contributed by atoms with van der Waals surface area (Å²) in [4.78, 5) is 21.8. The molecule has 0 saturated heterocycles. The van der Waals surface area contributed by atoms with E-state index >= 15 is 0 Å². The second-order valence-corrected chi connectivity index (χ2v) is 6.74. The summed E-state index contributed by atoms with van der Waals surface area (Å²) in [6.07, 6.45) is 1.69. The van der Waals surface area contributed by atoms with Crippen molar-refractivity contribution in [2.75, 3.05) is 5.32 Å². The van der Waals surface area contributed by atoms with Crippen LogP contribution in [-0.2, 0) is 0 Å². The van der Waals surface area contributed by atoms with Crippen LogP contribution in [0.5, 0.6) is 0 Å². The predicted molar refractivity (Wildman–Crippen MR) is 102 cm³/mol. The number of aromatic nitrogens is 2. The van der Waals surface area contributed by atoms with Crippen molar-refractivity contribution in [2.45, 2.75) is 6.92 Å². The van der Waals surface area contributed by atoms with Crippen molar-refractivity contribution < 1.29 is 4.79 Å². The van der Waals surface area contributed by atoms with Crippen molar-refractivity contribution in [3.63, 3.8) is 0 Å². The topological polar surface area (TPSA) is 54.9 Å². The normalized spacial score (nSPS) is 10.8. The molecule has 0 fully saturated rings. The number of para-hydroxylation sites is 1. The highest BCUT2D eigenvalue weighted by Gasteiger charge is 2.17. The molecule has 0 spiro atoms. The Balaban J connectivity index is 1.72. The summed E-state index contributed by atoms with van der Waals surface area (Å²) in [7, 11) is 0. The number of anilines is 1. The van der Waals surface area contributed by atoms with Gasteiger partial charge in [0.15, 0.2) is 0 Å². The maximum atomic E-state index is 12.8. The smallest absolute Gasteiger partial charge is 0.257 e. The van der Waals surface area contributed by atoms with Gasteiger partial charge in [-0.2, -0.15) is 0 Å². The Kier molecular flexibility index (Phi) is 3.99. The van der Waals surface area contributed by atoms with E-state index in [4.69, 9.17) is 0 Å². The van der Waals surface area contributed by atoms with Gasteiger partial charge in [-0.25, -0.2) is 4.98 Å². The first-order valence-corrected chi connectivity index (χ1v) is 8.71. The van der Waals surface area contributed by atoms with Gasteiger partial charge in [-0.1, -0.05) is 24.3 Å². The molecule has 4 aromatic rings. The maximum Gasteiger partial charge on any atom is 0.257 e. The number of carbonyl (C=O) groups is 1. The first kappa shape index (κ1) is 15.5. The maximum absolute atomic E-state index is 12.8. The number of amides is 1. The average molecular weight is 345 g/mol. The molecule has 2 heterocycles. The van der Waals surface area contributed by atoms with E-state index in [2.05, 4.69) is 15.3 Å². The van der Waals surface area contributed by atoms with E-state index in [1.165, 1.54) is 11.3 Å². The van der Waals surface area contributed by atoms with E-state index < -0.39 is 0 Å². The summed E-state index contributed by atoms with van der Waals surface area (Å²) >= 11 is 1.54. The number of nitrogens with zero attached hydrogens (tertiary/aromatic N) is 2. The lowest BCUT2D eigenvalue weighted by molar-refractivity contribution is 0.102. The molecule has 2 aromatic carbocycles. The summed E-state index contributed by atoms with van der Waals surface area (Å²) in [5.41, 5.74) is 3.90. The third-order valence-electron chi connectivity index (χ3n) is 3.82. The van der Waals surface area contributed by atoms with Crippen LogP contribution in [0.15, 0.2) is 66.9 Å². The van der Waals surface area contributed by atoms with Gasteiger partial charge in [0, 0.05) is 11.9 Å². The van der Waals surface area contributed by atoms with E-state index in [0.717, 1.165) is 26.5 Å². The quantitative estimate of drug-likeness (QED) is 0.573. The average Bonchev–Trinajstić information content (AvgIpc) is 3.06. The van der Waals surface area contributed by atoms with Crippen LogP contribution in [0, 0.1) is 6.92 Å². The lowest BCUT2D eigenvalue weighted by Gasteiger charge is -2.08. The van der Waals surface area contributed by atoms with Crippen molar-refractivity contribution >= 4 is 33.1 Å². The van der Waals surface area contributed by atoms with Gasteiger partial charge < -0.3 is 5.32 Å². The summed E-state index contributed by atoms with van der Waals surface area (Å²) in [5.74, 6) is -0.187. The number of thiazole rings is 1. The van der Waals surface area contributed by atoms with Crippen LogP contribution in [0.3, 0.4) is 0 Å². The Morgan fingerprint density at radius 3 is 2.76 bits per heavy atom. The lowest BCUT2D eigenvalue weighted by atomic mass is 10.1. The molecule has 25 heavy (non-hydrogen) atoms. The molecule has 0 saturated carbocycles. The molecule has 0 aliphatic rings. The second-order valence-electron chi connectivity index (χ2n) is 5.71. The Hall–Kier alpha value is -3.05. The molecule has 122 valence electrons. The van der Waals surface area contributed by atoms with Gasteiger partial charge in [-0.3, -0.25) is 9.78 Å². The monoisotopic (exact) mass is 345 g/mol. The molecule has 5 heteroatoms. The zero-order valence-electron chi connectivity index (χ0n) is 13.6. The molecule has 2 aromatic heterocycles. The molecule has 1 N–H and O–H groups in total. The van der Waals surface area contributed by atoms with Gasteiger partial charge in [0.05, 0.1) is 15.8 Å². The van der Waals surface area contributed by atoms with Crippen molar-refractivity contribution in [1.29, 1.82) is 0 Å². The number of benzene rings is 2. The molecule has 4 nitrogen and oxygen atoms in total. The minimum Gasteiger partial charge on any atom is -0.322 e. The van der Waals surface area contributed by atoms with E-state index in [0.29, 0.717) is 11.3 Å². The third kappa shape index (κ3) is 3.14. The number of carbonyl (C=O) groups excluding carboxylic acids is 1. The molecule has 1 amide bonds. The van der Waals surface area contributed by atoms with Crippen LogP contribution in [0.4, 0.5) is 5.69 Å². The highest BCUT2D eigenvalue weighted by molar-refractivity contribution is 7.21. The van der Waals surface area contributed by atoms with Crippen LogP contribution in [0.1, 0.15) is 15.9 Å². The third-order valence-corrected chi connectivity index (χ3v) is 4.87. The Bertz CT molecular complexity index is 1040. The van der Waals surface area contributed by atoms with Crippen molar-refractivity contribution in [2.24, 2.45) is 0 Å². The number of aryl methyl sites for hydroxylation is 1. The first-order chi connectivity index (χ1) is 12.2. The van der Waals surface area contributed by atoms with E-state index in [1.807, 2.05) is 55.5 Å². The van der Waals surface area contributed by atoms with E-state index in [1.54, 1.807) is 18.3 Å². The van der Waals surface area contributed by atoms with Gasteiger partial charge in [-0.05, 0) is 48.9 Å². The van der Waals surface area contributed by atoms with E-state index in [-0.39, 0.29) is 5.91 Å². The van der Waals surface area contributed by atoms with Gasteiger partial charge in [0.25, 0.3) is 5.91 Å². The molecular formula is C20H15N3OS. The van der Waals surface area contributed by atoms with Gasteiger partial charge in [-0.15, -0.1) is 11.3 Å². The number of hydrogen-bond acceptors (Lipinski definition) is 4. The standard InChI is InChI=1S/C20H15N3OS/c1-13-6-4-7-14(12-13)22-19(24)15-8-5-11-21-18(15)20-23-16-9-2-3-10-17(16)25-20/h2-12H,1H3,(H,22,24).